The summed E-state index contributed by atoms with van der Waals surface area (Å²) in [6, 6.07) is 12.1. The van der Waals surface area contributed by atoms with Gasteiger partial charge in [-0.1, -0.05) is 55.9 Å². The Hall–Kier alpha value is -1.88. The fraction of sp³-hybridized carbons (Fsp3) is 0.312. The highest BCUT2D eigenvalue weighted by atomic mass is 32.2. The molecule has 21 heavy (non-hydrogen) atoms. The van der Waals surface area contributed by atoms with Crippen LogP contribution in [0.25, 0.3) is 0 Å². The van der Waals surface area contributed by atoms with Crippen molar-refractivity contribution in [1.29, 1.82) is 0 Å². The number of hydrogen-bond acceptors (Lipinski definition) is 5. The molecule has 0 aliphatic heterocycles. The SMILES string of the molecule is CC(C)CC=NNc1ccnc(SCc2ccccc2)n1. The van der Waals surface area contributed by atoms with Crippen molar-refractivity contribution in [2.45, 2.75) is 31.2 Å². The molecule has 2 aromatic rings. The van der Waals surface area contributed by atoms with Crippen LogP contribution in [0.3, 0.4) is 0 Å². The van der Waals surface area contributed by atoms with Crippen molar-refractivity contribution in [3.8, 4) is 0 Å². The monoisotopic (exact) mass is 300 g/mol. The lowest BCUT2D eigenvalue weighted by molar-refractivity contribution is 0.690. The van der Waals surface area contributed by atoms with E-state index in [4.69, 9.17) is 0 Å². The summed E-state index contributed by atoms with van der Waals surface area (Å²) in [5.74, 6) is 2.19. The molecule has 0 fully saturated rings. The van der Waals surface area contributed by atoms with Crippen molar-refractivity contribution in [3.63, 3.8) is 0 Å². The lowest BCUT2D eigenvalue weighted by atomic mass is 10.2. The molecule has 0 unspecified atom stereocenters. The van der Waals surface area contributed by atoms with Crippen LogP contribution in [0.15, 0.2) is 52.9 Å². The molecule has 0 radical (unpaired) electrons. The first kappa shape index (κ1) is 15.5. The van der Waals surface area contributed by atoms with Crippen LogP contribution in [0.1, 0.15) is 25.8 Å². The van der Waals surface area contributed by atoms with Crippen LogP contribution in [-0.4, -0.2) is 16.2 Å². The lowest BCUT2D eigenvalue weighted by Crippen LogP contribution is -1.97. The van der Waals surface area contributed by atoms with Gasteiger partial charge in [0.15, 0.2) is 11.0 Å². The van der Waals surface area contributed by atoms with Gasteiger partial charge in [0.05, 0.1) is 0 Å². The van der Waals surface area contributed by atoms with E-state index < -0.39 is 0 Å². The van der Waals surface area contributed by atoms with E-state index in [1.807, 2.05) is 30.5 Å². The Morgan fingerprint density at radius 1 is 1.24 bits per heavy atom. The number of anilines is 1. The maximum atomic E-state index is 4.43. The van der Waals surface area contributed by atoms with Gasteiger partial charge in [0.2, 0.25) is 0 Å². The molecule has 0 amide bonds. The normalized spacial score (nSPS) is 11.2. The zero-order chi connectivity index (χ0) is 14.9. The van der Waals surface area contributed by atoms with E-state index in [-0.39, 0.29) is 0 Å². The van der Waals surface area contributed by atoms with E-state index >= 15 is 0 Å². The summed E-state index contributed by atoms with van der Waals surface area (Å²) in [5, 5.41) is 4.92. The smallest absolute Gasteiger partial charge is 0.189 e. The first-order valence-corrected chi connectivity index (χ1v) is 8.00. The first-order valence-electron chi connectivity index (χ1n) is 7.01. The van der Waals surface area contributed by atoms with Crippen molar-refractivity contribution in [2.24, 2.45) is 11.0 Å². The topological polar surface area (TPSA) is 50.2 Å². The maximum Gasteiger partial charge on any atom is 0.189 e. The molecule has 2 rings (SSSR count). The van der Waals surface area contributed by atoms with Gasteiger partial charge in [-0.2, -0.15) is 5.10 Å². The molecule has 1 aromatic carbocycles. The Balaban J connectivity index is 1.87. The van der Waals surface area contributed by atoms with E-state index in [1.54, 1.807) is 18.0 Å². The third-order valence-corrected chi connectivity index (χ3v) is 3.62. The van der Waals surface area contributed by atoms with E-state index in [1.165, 1.54) is 5.56 Å². The third kappa shape index (κ3) is 5.95. The van der Waals surface area contributed by atoms with Crippen LogP contribution >= 0.6 is 11.8 Å². The Labute approximate surface area is 130 Å². The molecule has 0 atom stereocenters. The second-order valence-electron chi connectivity index (χ2n) is 5.05. The standard InChI is InChI=1S/C16H20N4S/c1-13(2)8-11-18-20-15-9-10-17-16(19-15)21-12-14-6-4-3-5-7-14/h3-7,9-11,13H,8,12H2,1-2H3,(H,17,19,20). The predicted octanol–water partition coefficient (Wildman–Crippen LogP) is 4.21. The van der Waals surface area contributed by atoms with E-state index in [0.717, 1.165) is 23.1 Å². The Kier molecular flexibility index (Phi) is 6.22. The second-order valence-corrected chi connectivity index (χ2v) is 5.99. The summed E-state index contributed by atoms with van der Waals surface area (Å²) < 4.78 is 0. The average Bonchev–Trinajstić information content (AvgIpc) is 2.51. The number of aromatic nitrogens is 2. The minimum absolute atomic E-state index is 0.609. The van der Waals surface area contributed by atoms with Gasteiger partial charge >= 0.3 is 0 Å². The van der Waals surface area contributed by atoms with Gasteiger partial charge in [-0.25, -0.2) is 9.97 Å². The van der Waals surface area contributed by atoms with Crippen LogP contribution in [0.2, 0.25) is 0 Å². The van der Waals surface area contributed by atoms with E-state index in [9.17, 15) is 0 Å². The summed E-state index contributed by atoms with van der Waals surface area (Å²) >= 11 is 1.62. The van der Waals surface area contributed by atoms with Crippen LogP contribution < -0.4 is 5.43 Å². The maximum absolute atomic E-state index is 4.43. The summed E-state index contributed by atoms with van der Waals surface area (Å²) in [6.45, 7) is 4.32. The lowest BCUT2D eigenvalue weighted by Gasteiger charge is -2.03. The van der Waals surface area contributed by atoms with Gasteiger partial charge in [0.25, 0.3) is 0 Å². The van der Waals surface area contributed by atoms with Crippen molar-refractivity contribution in [2.75, 3.05) is 5.43 Å². The molecule has 0 aliphatic rings. The number of hydrogen-bond donors (Lipinski definition) is 1. The molecule has 1 aromatic heterocycles. The summed E-state index contributed by atoms with van der Waals surface area (Å²) in [5.41, 5.74) is 4.21. The number of rotatable bonds is 7. The van der Waals surface area contributed by atoms with Crippen molar-refractivity contribution in [1.82, 2.24) is 9.97 Å². The minimum atomic E-state index is 0.609. The molecule has 5 heteroatoms. The minimum Gasteiger partial charge on any atom is -0.262 e. The van der Waals surface area contributed by atoms with E-state index in [2.05, 4.69) is 46.5 Å². The largest absolute Gasteiger partial charge is 0.262 e. The molecule has 4 nitrogen and oxygen atoms in total. The van der Waals surface area contributed by atoms with Gasteiger partial charge < -0.3 is 0 Å². The van der Waals surface area contributed by atoms with Crippen LogP contribution in [0.5, 0.6) is 0 Å². The van der Waals surface area contributed by atoms with Gasteiger partial charge in [0, 0.05) is 24.2 Å². The fourth-order valence-corrected chi connectivity index (χ4v) is 2.36. The molecule has 0 saturated heterocycles. The Morgan fingerprint density at radius 3 is 2.81 bits per heavy atom. The van der Waals surface area contributed by atoms with Crippen molar-refractivity contribution in [3.05, 3.63) is 48.2 Å². The highest BCUT2D eigenvalue weighted by Gasteiger charge is 2.00. The fourth-order valence-electron chi connectivity index (χ4n) is 1.57. The molecule has 0 spiro atoms. The summed E-state index contributed by atoms with van der Waals surface area (Å²) in [6.07, 6.45) is 4.58. The molecule has 110 valence electrons. The second kappa shape index (κ2) is 8.42. The van der Waals surface area contributed by atoms with E-state index in [0.29, 0.717) is 5.92 Å². The van der Waals surface area contributed by atoms with Gasteiger partial charge in [-0.3, -0.25) is 5.43 Å². The molecular weight excluding hydrogens is 280 g/mol. The molecule has 1 N–H and O–H groups in total. The van der Waals surface area contributed by atoms with Crippen molar-refractivity contribution < 1.29 is 0 Å². The number of thioether (sulfide) groups is 1. The van der Waals surface area contributed by atoms with Crippen molar-refractivity contribution >= 4 is 23.8 Å². The molecule has 1 heterocycles. The molecular formula is C16H20N4S. The highest BCUT2D eigenvalue weighted by Crippen LogP contribution is 2.19. The Morgan fingerprint density at radius 2 is 2.05 bits per heavy atom. The third-order valence-electron chi connectivity index (χ3n) is 2.69. The summed E-state index contributed by atoms with van der Waals surface area (Å²) in [7, 11) is 0. The molecule has 0 saturated carbocycles. The number of nitrogens with zero attached hydrogens (tertiary/aromatic N) is 3. The average molecular weight is 300 g/mol. The predicted molar refractivity (Wildman–Crippen MR) is 89.6 cm³/mol. The van der Waals surface area contributed by atoms with Gasteiger partial charge in [-0.05, 0) is 17.9 Å². The summed E-state index contributed by atoms with van der Waals surface area (Å²) in [4.78, 5) is 8.70. The van der Waals surface area contributed by atoms with Crippen LogP contribution in [-0.2, 0) is 5.75 Å². The van der Waals surface area contributed by atoms with Gasteiger partial charge in [0.1, 0.15) is 0 Å². The number of hydrazone groups is 1. The first-order chi connectivity index (χ1) is 10.2. The number of nitrogens with one attached hydrogen (secondary N) is 1. The number of benzene rings is 1. The molecule has 0 aliphatic carbocycles. The zero-order valence-corrected chi connectivity index (χ0v) is 13.2. The quantitative estimate of drug-likeness (QED) is 0.360. The van der Waals surface area contributed by atoms with Gasteiger partial charge in [-0.15, -0.1) is 0 Å². The molecule has 0 bridgehead atoms. The zero-order valence-electron chi connectivity index (χ0n) is 12.4. The highest BCUT2D eigenvalue weighted by molar-refractivity contribution is 7.98. The van der Waals surface area contributed by atoms with Crippen LogP contribution in [0, 0.1) is 5.92 Å². The Bertz CT molecular complexity index is 569. The van der Waals surface area contributed by atoms with Crippen LogP contribution in [0.4, 0.5) is 5.82 Å².